The van der Waals surface area contributed by atoms with E-state index in [-0.39, 0.29) is 30.2 Å². The van der Waals surface area contributed by atoms with E-state index in [9.17, 15) is 18.4 Å². The smallest absolute Gasteiger partial charge is 0.387 e. The zero-order chi connectivity index (χ0) is 20.8. The van der Waals surface area contributed by atoms with Gasteiger partial charge in [-0.05, 0) is 56.2 Å². The molecule has 0 radical (unpaired) electrons. The van der Waals surface area contributed by atoms with Crippen molar-refractivity contribution in [2.24, 2.45) is 0 Å². The lowest BCUT2D eigenvalue weighted by atomic mass is 10.0. The van der Waals surface area contributed by atoms with Crippen LogP contribution in [0.25, 0.3) is 0 Å². The fourth-order valence-corrected chi connectivity index (χ4v) is 3.94. The standard InChI is InChI=1S/C20H23F2N3O3S/c1-13-2-7-17(29-13)19(27)24-15-8-10-25(11-9-15)12-18(26)23-14-3-5-16(6-4-14)28-20(21)22/h2-7,15,20H,8-12H2,1H3,(H,23,26)(H,24,27). The van der Waals surface area contributed by atoms with Gasteiger partial charge in [-0.2, -0.15) is 8.78 Å². The fraction of sp³-hybridized carbons (Fsp3) is 0.400. The van der Waals surface area contributed by atoms with E-state index in [0.29, 0.717) is 23.7 Å². The molecule has 1 saturated heterocycles. The average molecular weight is 423 g/mol. The maximum atomic E-state index is 12.2. The SMILES string of the molecule is Cc1ccc(C(=O)NC2CCN(CC(=O)Nc3ccc(OC(F)F)cc3)CC2)s1. The van der Waals surface area contributed by atoms with E-state index in [2.05, 4.69) is 15.4 Å². The second-order valence-electron chi connectivity index (χ2n) is 6.89. The maximum Gasteiger partial charge on any atom is 0.387 e. The molecule has 9 heteroatoms. The van der Waals surface area contributed by atoms with Gasteiger partial charge in [0.1, 0.15) is 5.75 Å². The van der Waals surface area contributed by atoms with Crippen LogP contribution < -0.4 is 15.4 Å². The van der Waals surface area contributed by atoms with Gasteiger partial charge in [-0.25, -0.2) is 0 Å². The fourth-order valence-electron chi connectivity index (χ4n) is 3.17. The van der Waals surface area contributed by atoms with Crippen molar-refractivity contribution in [1.82, 2.24) is 10.2 Å². The number of carbonyl (C=O) groups is 2. The van der Waals surface area contributed by atoms with Gasteiger partial charge >= 0.3 is 6.61 Å². The molecular weight excluding hydrogens is 400 g/mol. The number of nitrogens with one attached hydrogen (secondary N) is 2. The summed E-state index contributed by atoms with van der Waals surface area (Å²) in [7, 11) is 0. The number of hydrogen-bond acceptors (Lipinski definition) is 5. The third-order valence-electron chi connectivity index (χ3n) is 4.62. The van der Waals surface area contributed by atoms with Crippen molar-refractivity contribution in [1.29, 1.82) is 0 Å². The zero-order valence-electron chi connectivity index (χ0n) is 16.0. The molecule has 0 bridgehead atoms. The number of benzene rings is 1. The van der Waals surface area contributed by atoms with E-state index >= 15 is 0 Å². The average Bonchev–Trinajstić information content (AvgIpc) is 3.11. The third kappa shape index (κ3) is 6.50. The Morgan fingerprint density at radius 2 is 1.86 bits per heavy atom. The van der Waals surface area contributed by atoms with E-state index in [1.807, 2.05) is 24.0 Å². The molecule has 0 spiro atoms. The Labute approximate surface area is 171 Å². The molecule has 2 N–H and O–H groups in total. The van der Waals surface area contributed by atoms with Gasteiger partial charge in [-0.3, -0.25) is 14.5 Å². The molecule has 2 heterocycles. The van der Waals surface area contributed by atoms with Crippen LogP contribution in [0.15, 0.2) is 36.4 Å². The van der Waals surface area contributed by atoms with Crippen molar-refractivity contribution in [2.75, 3.05) is 25.0 Å². The highest BCUT2D eigenvalue weighted by Gasteiger charge is 2.23. The topological polar surface area (TPSA) is 70.7 Å². The number of rotatable bonds is 7. The summed E-state index contributed by atoms with van der Waals surface area (Å²) in [5.74, 6) is -0.178. The monoisotopic (exact) mass is 423 g/mol. The lowest BCUT2D eigenvalue weighted by Crippen LogP contribution is -2.46. The number of hydrogen-bond donors (Lipinski definition) is 2. The number of thiophene rings is 1. The Bertz CT molecular complexity index is 834. The normalized spacial score (nSPS) is 15.3. The molecule has 2 aromatic rings. The van der Waals surface area contributed by atoms with Crippen molar-refractivity contribution < 1.29 is 23.1 Å². The van der Waals surface area contributed by atoms with Crippen molar-refractivity contribution in [3.05, 3.63) is 46.2 Å². The van der Waals surface area contributed by atoms with Crippen molar-refractivity contribution in [3.8, 4) is 5.75 Å². The summed E-state index contributed by atoms with van der Waals surface area (Å²) in [6.07, 6.45) is 1.56. The van der Waals surface area contributed by atoms with Gasteiger partial charge in [-0.1, -0.05) is 0 Å². The molecule has 29 heavy (non-hydrogen) atoms. The molecule has 0 atom stereocenters. The number of likely N-dealkylation sites (tertiary alicyclic amines) is 1. The van der Waals surface area contributed by atoms with E-state index in [1.54, 1.807) is 0 Å². The van der Waals surface area contributed by atoms with Crippen LogP contribution >= 0.6 is 11.3 Å². The van der Waals surface area contributed by atoms with Crippen molar-refractivity contribution in [2.45, 2.75) is 32.4 Å². The molecule has 1 aromatic heterocycles. The minimum absolute atomic E-state index is 0.0415. The van der Waals surface area contributed by atoms with Crippen LogP contribution in [0.3, 0.4) is 0 Å². The number of ether oxygens (including phenoxy) is 1. The molecule has 6 nitrogen and oxygen atoms in total. The van der Waals surface area contributed by atoms with Crippen LogP contribution in [0.5, 0.6) is 5.75 Å². The molecule has 156 valence electrons. The Morgan fingerprint density at radius 1 is 1.17 bits per heavy atom. The van der Waals surface area contributed by atoms with E-state index in [0.717, 1.165) is 17.7 Å². The predicted molar refractivity (Wildman–Crippen MR) is 108 cm³/mol. The Morgan fingerprint density at radius 3 is 2.45 bits per heavy atom. The number of piperidine rings is 1. The minimum Gasteiger partial charge on any atom is -0.435 e. The zero-order valence-corrected chi connectivity index (χ0v) is 16.8. The summed E-state index contributed by atoms with van der Waals surface area (Å²) >= 11 is 1.48. The quantitative estimate of drug-likeness (QED) is 0.715. The number of alkyl halides is 2. The van der Waals surface area contributed by atoms with Crippen LogP contribution in [-0.2, 0) is 4.79 Å². The number of nitrogens with zero attached hydrogens (tertiary/aromatic N) is 1. The van der Waals surface area contributed by atoms with Crippen LogP contribution in [0.1, 0.15) is 27.4 Å². The molecule has 1 aliphatic heterocycles. The van der Waals surface area contributed by atoms with Gasteiger partial charge in [0.05, 0.1) is 11.4 Å². The molecular formula is C20H23F2N3O3S. The first-order valence-electron chi connectivity index (χ1n) is 9.33. The largest absolute Gasteiger partial charge is 0.435 e. The Hall–Kier alpha value is -2.52. The van der Waals surface area contributed by atoms with Crippen LogP contribution in [0.4, 0.5) is 14.5 Å². The summed E-state index contributed by atoms with van der Waals surface area (Å²) in [5, 5.41) is 5.80. The maximum absolute atomic E-state index is 12.2. The second-order valence-corrected chi connectivity index (χ2v) is 8.17. The van der Waals surface area contributed by atoms with Gasteiger partial charge in [0, 0.05) is 29.7 Å². The lowest BCUT2D eigenvalue weighted by Gasteiger charge is -2.31. The number of carbonyl (C=O) groups excluding carboxylic acids is 2. The molecule has 0 saturated carbocycles. The highest BCUT2D eigenvalue weighted by Crippen LogP contribution is 2.19. The Kier molecular flexibility index (Phi) is 7.16. The number of anilines is 1. The summed E-state index contributed by atoms with van der Waals surface area (Å²) in [4.78, 5) is 28.3. The van der Waals surface area contributed by atoms with Gasteiger partial charge < -0.3 is 15.4 Å². The molecule has 1 aliphatic rings. The molecule has 0 aliphatic carbocycles. The van der Waals surface area contributed by atoms with Gasteiger partial charge in [-0.15, -0.1) is 11.3 Å². The number of halogens is 2. The van der Waals surface area contributed by atoms with E-state index < -0.39 is 6.61 Å². The Balaban J connectivity index is 1.39. The molecule has 1 aromatic carbocycles. The van der Waals surface area contributed by atoms with Crippen LogP contribution in [0, 0.1) is 6.92 Å². The predicted octanol–water partition coefficient (Wildman–Crippen LogP) is 3.49. The van der Waals surface area contributed by atoms with Crippen molar-refractivity contribution >= 4 is 28.8 Å². The first kappa shape index (κ1) is 21.2. The van der Waals surface area contributed by atoms with E-state index in [4.69, 9.17) is 0 Å². The third-order valence-corrected chi connectivity index (χ3v) is 5.62. The molecule has 1 fully saturated rings. The minimum atomic E-state index is -2.88. The van der Waals surface area contributed by atoms with Crippen molar-refractivity contribution in [3.63, 3.8) is 0 Å². The summed E-state index contributed by atoms with van der Waals surface area (Å²) < 4.78 is 28.6. The number of aryl methyl sites for hydroxylation is 1. The number of amides is 2. The highest BCUT2D eigenvalue weighted by atomic mass is 32.1. The second kappa shape index (κ2) is 9.80. The van der Waals surface area contributed by atoms with Gasteiger partial charge in [0.25, 0.3) is 5.91 Å². The molecule has 2 amide bonds. The van der Waals surface area contributed by atoms with Gasteiger partial charge in [0.2, 0.25) is 5.91 Å². The highest BCUT2D eigenvalue weighted by molar-refractivity contribution is 7.13. The summed E-state index contributed by atoms with van der Waals surface area (Å²) in [5.41, 5.74) is 0.519. The first-order valence-corrected chi connectivity index (χ1v) is 10.1. The van der Waals surface area contributed by atoms with Crippen LogP contribution in [0.2, 0.25) is 0 Å². The summed E-state index contributed by atoms with van der Waals surface area (Å²) in [6.45, 7) is 0.750. The van der Waals surface area contributed by atoms with E-state index in [1.165, 1.54) is 35.6 Å². The van der Waals surface area contributed by atoms with Crippen LogP contribution in [-0.4, -0.2) is 49.0 Å². The van der Waals surface area contributed by atoms with Gasteiger partial charge in [0.15, 0.2) is 0 Å². The molecule has 0 unspecified atom stereocenters. The molecule has 3 rings (SSSR count). The summed E-state index contributed by atoms with van der Waals surface area (Å²) in [6, 6.07) is 9.66. The lowest BCUT2D eigenvalue weighted by molar-refractivity contribution is -0.117. The first-order chi connectivity index (χ1) is 13.9.